The first-order valence-electron chi connectivity index (χ1n) is 6.72. The lowest BCUT2D eigenvalue weighted by Gasteiger charge is -2.28. The molecule has 1 aliphatic heterocycles. The minimum absolute atomic E-state index is 0.143. The molecule has 1 fully saturated rings. The summed E-state index contributed by atoms with van der Waals surface area (Å²) in [6, 6.07) is 9.42. The Labute approximate surface area is 132 Å². The van der Waals surface area contributed by atoms with Gasteiger partial charge in [0.15, 0.2) is 0 Å². The van der Waals surface area contributed by atoms with Crippen LogP contribution in [0.1, 0.15) is 22.5 Å². The molecule has 1 aromatic carbocycles. The van der Waals surface area contributed by atoms with Gasteiger partial charge in [0.05, 0.1) is 12.1 Å². The minimum Gasteiger partial charge on any atom is -0.379 e. The number of hydrogen-bond acceptors (Lipinski definition) is 4. The van der Waals surface area contributed by atoms with E-state index in [1.807, 2.05) is 24.3 Å². The van der Waals surface area contributed by atoms with Crippen LogP contribution < -0.4 is 5.32 Å². The van der Waals surface area contributed by atoms with Crippen LogP contribution in [-0.2, 0) is 11.2 Å². The molecule has 0 spiro atoms. The van der Waals surface area contributed by atoms with Gasteiger partial charge in [0, 0.05) is 17.0 Å². The number of nitrogens with zero attached hydrogens (tertiary/aromatic N) is 1. The number of amides is 1. The van der Waals surface area contributed by atoms with Crippen molar-refractivity contribution in [1.82, 2.24) is 9.69 Å². The number of carbonyl (C=O) groups excluding carboxylic acids is 1. The van der Waals surface area contributed by atoms with Crippen LogP contribution in [0.3, 0.4) is 0 Å². The first kappa shape index (κ1) is 14.5. The number of benzene rings is 1. The van der Waals surface area contributed by atoms with Gasteiger partial charge in [-0.1, -0.05) is 23.7 Å². The molecule has 0 radical (unpaired) electrons. The average molecular weight is 323 g/mol. The molecule has 0 aliphatic carbocycles. The Morgan fingerprint density at radius 2 is 2.19 bits per heavy atom. The molecule has 2 heterocycles. The summed E-state index contributed by atoms with van der Waals surface area (Å²) >= 11 is 7.19. The second-order valence-electron chi connectivity index (χ2n) is 5.22. The average Bonchev–Trinajstić information content (AvgIpc) is 3.13. The second kappa shape index (κ2) is 6.13. The van der Waals surface area contributed by atoms with Crippen LogP contribution in [0.2, 0.25) is 5.02 Å². The molecular formula is C15H15ClN2O2S. The fourth-order valence-electron chi connectivity index (χ4n) is 2.52. The van der Waals surface area contributed by atoms with E-state index < -0.39 is 0 Å². The van der Waals surface area contributed by atoms with Crippen LogP contribution >= 0.6 is 23.1 Å². The normalized spacial score (nSPS) is 21.4. The van der Waals surface area contributed by atoms with Crippen molar-refractivity contribution in [3.05, 3.63) is 52.0 Å². The van der Waals surface area contributed by atoms with Crippen LogP contribution in [0.5, 0.6) is 0 Å². The summed E-state index contributed by atoms with van der Waals surface area (Å²) < 4.78 is 9.60. The van der Waals surface area contributed by atoms with Crippen LogP contribution in [0.25, 0.3) is 0 Å². The van der Waals surface area contributed by atoms with Crippen molar-refractivity contribution >= 4 is 29.0 Å². The summed E-state index contributed by atoms with van der Waals surface area (Å²) in [5, 5.41) is 5.61. The van der Waals surface area contributed by atoms with E-state index in [2.05, 4.69) is 9.69 Å². The molecule has 1 amide bonds. The first-order valence-corrected chi connectivity index (χ1v) is 7.93. The highest BCUT2D eigenvalue weighted by Crippen LogP contribution is 2.25. The van der Waals surface area contributed by atoms with Crippen molar-refractivity contribution in [1.29, 1.82) is 0 Å². The molecule has 1 atom stereocenters. The summed E-state index contributed by atoms with van der Waals surface area (Å²) in [5.41, 5.74) is 1.22. The van der Waals surface area contributed by atoms with E-state index in [1.54, 1.807) is 11.4 Å². The molecular weight excluding hydrogens is 308 g/mol. The van der Waals surface area contributed by atoms with Gasteiger partial charge in [0.25, 0.3) is 5.91 Å². The maximum Gasteiger partial charge on any atom is 0.271 e. The zero-order valence-corrected chi connectivity index (χ0v) is 12.9. The lowest BCUT2D eigenvalue weighted by atomic mass is 9.89. The number of hydrogen-bond donors (Lipinski definition) is 1. The molecule has 1 unspecified atom stereocenters. The van der Waals surface area contributed by atoms with E-state index >= 15 is 0 Å². The van der Waals surface area contributed by atoms with Gasteiger partial charge in [0.2, 0.25) is 0 Å². The SMILES string of the molecule is O=C(NC1(Cc2ccc(Cl)cc2)CCOC1)c1ccsn1. The third-order valence-electron chi connectivity index (χ3n) is 3.61. The molecule has 6 heteroatoms. The van der Waals surface area contributed by atoms with Gasteiger partial charge in [0.1, 0.15) is 5.69 Å². The highest BCUT2D eigenvalue weighted by Gasteiger charge is 2.37. The monoisotopic (exact) mass is 322 g/mol. The van der Waals surface area contributed by atoms with Gasteiger partial charge in [-0.2, -0.15) is 4.37 Å². The molecule has 21 heavy (non-hydrogen) atoms. The van der Waals surface area contributed by atoms with E-state index in [0.29, 0.717) is 23.9 Å². The summed E-state index contributed by atoms with van der Waals surface area (Å²) in [4.78, 5) is 12.3. The molecule has 1 N–H and O–H groups in total. The van der Waals surface area contributed by atoms with E-state index in [9.17, 15) is 4.79 Å². The fraction of sp³-hybridized carbons (Fsp3) is 0.333. The van der Waals surface area contributed by atoms with Crippen molar-refractivity contribution in [2.75, 3.05) is 13.2 Å². The molecule has 110 valence electrons. The topological polar surface area (TPSA) is 51.2 Å². The summed E-state index contributed by atoms with van der Waals surface area (Å²) in [7, 11) is 0. The Balaban J connectivity index is 1.76. The van der Waals surface area contributed by atoms with E-state index in [0.717, 1.165) is 18.4 Å². The van der Waals surface area contributed by atoms with Gasteiger partial charge in [-0.25, -0.2) is 0 Å². The van der Waals surface area contributed by atoms with Crippen LogP contribution in [0.4, 0.5) is 0 Å². The van der Waals surface area contributed by atoms with Crippen LogP contribution in [0.15, 0.2) is 35.7 Å². The summed E-state index contributed by atoms with van der Waals surface area (Å²) in [6.45, 7) is 1.18. The molecule has 1 aromatic heterocycles. The minimum atomic E-state index is -0.367. The Bertz CT molecular complexity index is 607. The van der Waals surface area contributed by atoms with Crippen molar-refractivity contribution in [3.63, 3.8) is 0 Å². The molecule has 4 nitrogen and oxygen atoms in total. The third-order valence-corrected chi connectivity index (χ3v) is 4.42. The van der Waals surface area contributed by atoms with Crippen molar-refractivity contribution < 1.29 is 9.53 Å². The number of ether oxygens (including phenoxy) is 1. The molecule has 2 aromatic rings. The zero-order valence-electron chi connectivity index (χ0n) is 11.3. The molecule has 1 saturated heterocycles. The van der Waals surface area contributed by atoms with E-state index in [4.69, 9.17) is 16.3 Å². The molecule has 3 rings (SSSR count). The maximum absolute atomic E-state index is 12.3. The highest BCUT2D eigenvalue weighted by molar-refractivity contribution is 7.03. The maximum atomic E-state index is 12.3. The molecule has 0 bridgehead atoms. The van der Waals surface area contributed by atoms with Crippen molar-refractivity contribution in [3.8, 4) is 0 Å². The highest BCUT2D eigenvalue weighted by atomic mass is 35.5. The van der Waals surface area contributed by atoms with E-state index in [-0.39, 0.29) is 11.4 Å². The quantitative estimate of drug-likeness (QED) is 0.941. The smallest absolute Gasteiger partial charge is 0.271 e. The van der Waals surface area contributed by atoms with Crippen molar-refractivity contribution in [2.45, 2.75) is 18.4 Å². The summed E-state index contributed by atoms with van der Waals surface area (Å²) in [6.07, 6.45) is 1.52. The number of halogens is 1. The summed E-state index contributed by atoms with van der Waals surface area (Å²) in [5.74, 6) is -0.143. The van der Waals surface area contributed by atoms with Gasteiger partial charge >= 0.3 is 0 Å². The predicted molar refractivity (Wildman–Crippen MR) is 82.9 cm³/mol. The Hall–Kier alpha value is -1.43. The Kier molecular flexibility index (Phi) is 4.24. The van der Waals surface area contributed by atoms with Gasteiger partial charge in [-0.05, 0) is 48.1 Å². The number of rotatable bonds is 4. The Morgan fingerprint density at radius 3 is 2.81 bits per heavy atom. The van der Waals surface area contributed by atoms with Crippen molar-refractivity contribution in [2.24, 2.45) is 0 Å². The van der Waals surface area contributed by atoms with Gasteiger partial charge < -0.3 is 10.1 Å². The first-order chi connectivity index (χ1) is 10.2. The van der Waals surface area contributed by atoms with Gasteiger partial charge in [-0.15, -0.1) is 0 Å². The molecule has 1 aliphatic rings. The third kappa shape index (κ3) is 3.43. The largest absolute Gasteiger partial charge is 0.379 e. The molecule has 0 saturated carbocycles. The standard InChI is InChI=1S/C15H15ClN2O2S/c16-12-3-1-11(2-4-12)9-15(6-7-20-10-15)17-14(19)13-5-8-21-18-13/h1-5,8H,6-7,9-10H2,(H,17,19). The van der Waals surface area contributed by atoms with Gasteiger partial charge in [-0.3, -0.25) is 4.79 Å². The lowest BCUT2D eigenvalue weighted by molar-refractivity contribution is 0.0873. The lowest BCUT2D eigenvalue weighted by Crippen LogP contribution is -2.50. The zero-order chi connectivity index (χ0) is 14.7. The second-order valence-corrected chi connectivity index (χ2v) is 6.33. The van der Waals surface area contributed by atoms with Crippen LogP contribution in [0, 0.1) is 0 Å². The fourth-order valence-corrected chi connectivity index (χ4v) is 3.15. The predicted octanol–water partition coefficient (Wildman–Crippen LogP) is 2.93. The number of carbonyl (C=O) groups is 1. The van der Waals surface area contributed by atoms with Crippen LogP contribution in [-0.4, -0.2) is 29.0 Å². The Morgan fingerprint density at radius 1 is 1.38 bits per heavy atom. The van der Waals surface area contributed by atoms with E-state index in [1.165, 1.54) is 11.5 Å². The number of aromatic nitrogens is 1. The number of nitrogens with one attached hydrogen (secondary N) is 1.